The SMILES string of the molecule is CCNC(=NCc1ccnc(OC)c1)N1CCN(c2ccccc2)CC1. The lowest BCUT2D eigenvalue weighted by Crippen LogP contribution is -2.52. The van der Waals surface area contributed by atoms with Crippen molar-refractivity contribution in [1.82, 2.24) is 15.2 Å². The second-order valence-corrected chi connectivity index (χ2v) is 6.19. The van der Waals surface area contributed by atoms with Gasteiger partial charge in [0.1, 0.15) is 0 Å². The van der Waals surface area contributed by atoms with Gasteiger partial charge in [-0.05, 0) is 30.7 Å². The summed E-state index contributed by atoms with van der Waals surface area (Å²) in [4.78, 5) is 13.7. The zero-order chi connectivity index (χ0) is 18.2. The van der Waals surface area contributed by atoms with E-state index < -0.39 is 0 Å². The van der Waals surface area contributed by atoms with Crippen LogP contribution in [0.5, 0.6) is 5.88 Å². The Bertz CT molecular complexity index is 711. The van der Waals surface area contributed by atoms with Gasteiger partial charge in [-0.25, -0.2) is 9.98 Å². The molecule has 0 bridgehead atoms. The summed E-state index contributed by atoms with van der Waals surface area (Å²) in [6.07, 6.45) is 1.76. The van der Waals surface area contributed by atoms with Gasteiger partial charge in [0.25, 0.3) is 0 Å². The molecule has 0 aliphatic carbocycles. The van der Waals surface area contributed by atoms with E-state index in [1.54, 1.807) is 13.3 Å². The lowest BCUT2D eigenvalue weighted by molar-refractivity contribution is 0.372. The number of piperazine rings is 1. The molecule has 1 aromatic heterocycles. The van der Waals surface area contributed by atoms with Crippen LogP contribution in [-0.2, 0) is 6.54 Å². The summed E-state index contributed by atoms with van der Waals surface area (Å²) in [5.74, 6) is 1.59. The van der Waals surface area contributed by atoms with Gasteiger partial charge in [-0.2, -0.15) is 0 Å². The van der Waals surface area contributed by atoms with Crippen LogP contribution >= 0.6 is 0 Å². The Morgan fingerprint density at radius 3 is 2.62 bits per heavy atom. The third-order valence-electron chi connectivity index (χ3n) is 4.46. The fraction of sp³-hybridized carbons (Fsp3) is 0.400. The van der Waals surface area contributed by atoms with E-state index in [1.165, 1.54) is 5.69 Å². The van der Waals surface area contributed by atoms with Crippen LogP contribution in [0.3, 0.4) is 0 Å². The predicted molar refractivity (Wildman–Crippen MR) is 106 cm³/mol. The second kappa shape index (κ2) is 9.08. The van der Waals surface area contributed by atoms with Crippen LogP contribution in [0.2, 0.25) is 0 Å². The topological polar surface area (TPSA) is 53.0 Å². The second-order valence-electron chi connectivity index (χ2n) is 6.19. The molecule has 0 spiro atoms. The lowest BCUT2D eigenvalue weighted by atomic mass is 10.2. The van der Waals surface area contributed by atoms with Crippen LogP contribution in [0.1, 0.15) is 12.5 Å². The minimum absolute atomic E-state index is 0.611. The van der Waals surface area contributed by atoms with E-state index in [-0.39, 0.29) is 0 Å². The molecule has 2 heterocycles. The first-order chi connectivity index (χ1) is 12.8. The van der Waals surface area contributed by atoms with Crippen LogP contribution < -0.4 is 15.0 Å². The highest BCUT2D eigenvalue weighted by Gasteiger charge is 2.19. The standard InChI is InChI=1S/C20H27N5O/c1-3-21-20(23-16-17-9-10-22-19(15-17)26-2)25-13-11-24(12-14-25)18-7-5-4-6-8-18/h4-10,15H,3,11-14,16H2,1-2H3,(H,21,23). The zero-order valence-corrected chi connectivity index (χ0v) is 15.6. The van der Waals surface area contributed by atoms with Gasteiger partial charge in [0.05, 0.1) is 13.7 Å². The third kappa shape index (κ3) is 4.65. The number of guanidine groups is 1. The maximum Gasteiger partial charge on any atom is 0.213 e. The van der Waals surface area contributed by atoms with E-state index >= 15 is 0 Å². The van der Waals surface area contributed by atoms with E-state index in [2.05, 4.69) is 57.4 Å². The molecule has 0 amide bonds. The monoisotopic (exact) mass is 353 g/mol. The first kappa shape index (κ1) is 18.0. The number of pyridine rings is 1. The summed E-state index contributed by atoms with van der Waals surface area (Å²) < 4.78 is 5.19. The zero-order valence-electron chi connectivity index (χ0n) is 15.6. The number of nitrogens with one attached hydrogen (secondary N) is 1. The maximum atomic E-state index is 5.19. The average molecular weight is 353 g/mol. The van der Waals surface area contributed by atoms with Crippen molar-refractivity contribution in [2.75, 3.05) is 44.7 Å². The Hall–Kier alpha value is -2.76. The number of benzene rings is 1. The van der Waals surface area contributed by atoms with Crippen molar-refractivity contribution in [3.63, 3.8) is 0 Å². The number of hydrogen-bond acceptors (Lipinski definition) is 4. The Kier molecular flexibility index (Phi) is 6.30. The van der Waals surface area contributed by atoms with Crippen molar-refractivity contribution in [2.45, 2.75) is 13.5 Å². The number of aliphatic imine (C=N–C) groups is 1. The quantitative estimate of drug-likeness (QED) is 0.661. The highest BCUT2D eigenvalue weighted by molar-refractivity contribution is 5.80. The van der Waals surface area contributed by atoms with Gasteiger partial charge >= 0.3 is 0 Å². The number of para-hydroxylation sites is 1. The fourth-order valence-electron chi connectivity index (χ4n) is 3.07. The van der Waals surface area contributed by atoms with Gasteiger partial charge in [0, 0.05) is 50.7 Å². The average Bonchev–Trinajstić information content (AvgIpc) is 2.72. The minimum Gasteiger partial charge on any atom is -0.481 e. The molecule has 1 N–H and O–H groups in total. The molecule has 1 aliphatic rings. The van der Waals surface area contributed by atoms with Crippen LogP contribution in [0.4, 0.5) is 5.69 Å². The molecule has 0 atom stereocenters. The largest absolute Gasteiger partial charge is 0.481 e. The van der Waals surface area contributed by atoms with Crippen LogP contribution in [0, 0.1) is 0 Å². The summed E-state index contributed by atoms with van der Waals surface area (Å²) in [7, 11) is 1.63. The molecule has 1 aromatic carbocycles. The van der Waals surface area contributed by atoms with E-state index in [9.17, 15) is 0 Å². The van der Waals surface area contributed by atoms with E-state index in [0.717, 1.165) is 44.2 Å². The first-order valence-electron chi connectivity index (χ1n) is 9.12. The first-order valence-corrected chi connectivity index (χ1v) is 9.12. The third-order valence-corrected chi connectivity index (χ3v) is 4.46. The van der Waals surface area contributed by atoms with Gasteiger partial charge in [-0.15, -0.1) is 0 Å². The van der Waals surface area contributed by atoms with Crippen LogP contribution in [-0.4, -0.2) is 55.7 Å². The molecule has 3 rings (SSSR count). The Balaban J connectivity index is 1.62. The number of aromatic nitrogens is 1. The number of hydrogen-bond donors (Lipinski definition) is 1. The molecule has 26 heavy (non-hydrogen) atoms. The van der Waals surface area contributed by atoms with Crippen molar-refractivity contribution >= 4 is 11.6 Å². The normalized spacial score (nSPS) is 15.1. The van der Waals surface area contributed by atoms with Crippen LogP contribution in [0.25, 0.3) is 0 Å². The minimum atomic E-state index is 0.611. The highest BCUT2D eigenvalue weighted by atomic mass is 16.5. The van der Waals surface area contributed by atoms with Crippen LogP contribution in [0.15, 0.2) is 53.7 Å². The highest BCUT2D eigenvalue weighted by Crippen LogP contribution is 2.16. The van der Waals surface area contributed by atoms with Gasteiger partial charge in [-0.1, -0.05) is 18.2 Å². The van der Waals surface area contributed by atoms with E-state index in [1.807, 2.05) is 12.1 Å². The Labute approximate surface area is 155 Å². The van der Waals surface area contributed by atoms with Gasteiger partial charge < -0.3 is 19.9 Å². The maximum absolute atomic E-state index is 5.19. The van der Waals surface area contributed by atoms with Crippen molar-refractivity contribution in [1.29, 1.82) is 0 Å². The number of rotatable bonds is 5. The molecule has 1 fully saturated rings. The molecule has 138 valence electrons. The van der Waals surface area contributed by atoms with Crippen molar-refractivity contribution in [3.8, 4) is 5.88 Å². The Morgan fingerprint density at radius 1 is 1.15 bits per heavy atom. The fourth-order valence-corrected chi connectivity index (χ4v) is 3.07. The van der Waals surface area contributed by atoms with Crippen molar-refractivity contribution in [2.24, 2.45) is 4.99 Å². The summed E-state index contributed by atoms with van der Waals surface area (Å²) >= 11 is 0. The molecular weight excluding hydrogens is 326 g/mol. The Morgan fingerprint density at radius 2 is 1.92 bits per heavy atom. The molecule has 0 saturated carbocycles. The van der Waals surface area contributed by atoms with Crippen molar-refractivity contribution < 1.29 is 4.74 Å². The molecular formula is C20H27N5O. The molecule has 1 aliphatic heterocycles. The molecule has 0 radical (unpaired) electrons. The number of nitrogens with zero attached hydrogens (tertiary/aromatic N) is 4. The number of ether oxygens (including phenoxy) is 1. The predicted octanol–water partition coefficient (Wildman–Crippen LogP) is 2.38. The lowest BCUT2D eigenvalue weighted by Gasteiger charge is -2.37. The van der Waals surface area contributed by atoms with Gasteiger partial charge in [0.15, 0.2) is 5.96 Å². The molecule has 1 saturated heterocycles. The van der Waals surface area contributed by atoms with Gasteiger partial charge in [0.2, 0.25) is 5.88 Å². The molecule has 6 heteroatoms. The number of methoxy groups -OCH3 is 1. The summed E-state index contributed by atoms with van der Waals surface area (Å²) in [6, 6.07) is 14.5. The summed E-state index contributed by atoms with van der Waals surface area (Å²) in [5, 5.41) is 3.42. The molecule has 2 aromatic rings. The molecule has 6 nitrogen and oxygen atoms in total. The van der Waals surface area contributed by atoms with Crippen molar-refractivity contribution in [3.05, 3.63) is 54.2 Å². The summed E-state index contributed by atoms with van der Waals surface area (Å²) in [6.45, 7) is 7.48. The van der Waals surface area contributed by atoms with E-state index in [4.69, 9.17) is 9.73 Å². The number of anilines is 1. The van der Waals surface area contributed by atoms with Gasteiger partial charge in [-0.3, -0.25) is 0 Å². The molecule has 0 unspecified atom stereocenters. The summed E-state index contributed by atoms with van der Waals surface area (Å²) in [5.41, 5.74) is 2.38. The van der Waals surface area contributed by atoms with E-state index in [0.29, 0.717) is 12.4 Å². The smallest absolute Gasteiger partial charge is 0.213 e.